The summed E-state index contributed by atoms with van der Waals surface area (Å²) in [4.78, 5) is 17.5. The maximum Gasteiger partial charge on any atom is 0.223 e. The minimum atomic E-state index is 0.319. The highest BCUT2D eigenvalue weighted by Gasteiger charge is 2.29. The van der Waals surface area contributed by atoms with Crippen molar-refractivity contribution in [3.05, 3.63) is 29.8 Å². The van der Waals surface area contributed by atoms with Crippen LogP contribution >= 0.6 is 0 Å². The van der Waals surface area contributed by atoms with Gasteiger partial charge in [0.05, 0.1) is 6.61 Å². The number of benzene rings is 1. The second kappa shape index (κ2) is 7.77. The van der Waals surface area contributed by atoms with Crippen LogP contribution in [0.25, 0.3) is 0 Å². The molecule has 136 valence electrons. The lowest BCUT2D eigenvalue weighted by Crippen LogP contribution is -2.41. The van der Waals surface area contributed by atoms with Crippen molar-refractivity contribution < 1.29 is 9.53 Å². The van der Waals surface area contributed by atoms with Gasteiger partial charge in [0.1, 0.15) is 5.75 Å². The van der Waals surface area contributed by atoms with Gasteiger partial charge in [-0.15, -0.1) is 0 Å². The monoisotopic (exact) mass is 342 g/mol. The quantitative estimate of drug-likeness (QED) is 0.842. The Labute approximate surface area is 151 Å². The van der Waals surface area contributed by atoms with Crippen molar-refractivity contribution in [2.24, 2.45) is 5.92 Å². The van der Waals surface area contributed by atoms with E-state index in [9.17, 15) is 4.79 Å². The lowest BCUT2D eigenvalue weighted by molar-refractivity contribution is -0.133. The number of piperidine rings is 1. The third-order valence-electron chi connectivity index (χ3n) is 6.19. The zero-order chi connectivity index (χ0) is 17.1. The molecule has 0 saturated carbocycles. The fourth-order valence-corrected chi connectivity index (χ4v) is 4.66. The van der Waals surface area contributed by atoms with Crippen LogP contribution < -0.4 is 4.74 Å². The predicted octanol–water partition coefficient (Wildman–Crippen LogP) is 3.28. The first kappa shape index (κ1) is 16.9. The Morgan fingerprint density at radius 1 is 1.04 bits per heavy atom. The molecule has 1 aromatic carbocycles. The molecule has 0 radical (unpaired) electrons. The van der Waals surface area contributed by atoms with Crippen LogP contribution in [0.5, 0.6) is 5.75 Å². The molecule has 1 amide bonds. The van der Waals surface area contributed by atoms with Gasteiger partial charge in [0.25, 0.3) is 0 Å². The maximum atomic E-state index is 12.8. The van der Waals surface area contributed by atoms with Crippen molar-refractivity contribution >= 4 is 5.91 Å². The van der Waals surface area contributed by atoms with Gasteiger partial charge in [-0.2, -0.15) is 0 Å². The molecule has 1 unspecified atom stereocenters. The van der Waals surface area contributed by atoms with Crippen LogP contribution in [0.2, 0.25) is 0 Å². The number of hydrogen-bond acceptors (Lipinski definition) is 3. The molecule has 4 nitrogen and oxygen atoms in total. The molecule has 4 rings (SSSR count). The molecule has 3 aliphatic heterocycles. The number of carbonyl (C=O) groups excluding carboxylic acids is 1. The summed E-state index contributed by atoms with van der Waals surface area (Å²) >= 11 is 0. The van der Waals surface area contributed by atoms with Crippen molar-refractivity contribution in [3.8, 4) is 5.75 Å². The summed E-state index contributed by atoms with van der Waals surface area (Å²) in [5.41, 5.74) is 1.21. The summed E-state index contributed by atoms with van der Waals surface area (Å²) in [5, 5.41) is 0. The number of para-hydroxylation sites is 1. The minimum Gasteiger partial charge on any atom is -0.493 e. The van der Waals surface area contributed by atoms with E-state index in [0.717, 1.165) is 37.8 Å². The first-order valence-corrected chi connectivity index (χ1v) is 10.0. The number of amides is 1. The second-order valence-corrected chi connectivity index (χ2v) is 7.91. The number of ether oxygens (including phenoxy) is 1. The Hall–Kier alpha value is -1.55. The average molecular weight is 342 g/mol. The fraction of sp³-hybridized carbons (Fsp3) is 0.667. The third-order valence-corrected chi connectivity index (χ3v) is 6.19. The normalized spacial score (nSPS) is 24.8. The van der Waals surface area contributed by atoms with Gasteiger partial charge in [0, 0.05) is 26.1 Å². The summed E-state index contributed by atoms with van der Waals surface area (Å²) < 4.78 is 5.73. The van der Waals surface area contributed by atoms with E-state index >= 15 is 0 Å². The number of carbonyl (C=O) groups is 1. The SMILES string of the molecule is O=C(CC1CCOc2ccccc21)N1CCC(CN2CCCC2)CC1. The van der Waals surface area contributed by atoms with Gasteiger partial charge in [0.2, 0.25) is 5.91 Å². The van der Waals surface area contributed by atoms with Gasteiger partial charge >= 0.3 is 0 Å². The van der Waals surface area contributed by atoms with Crippen molar-refractivity contribution in [2.45, 2.75) is 44.4 Å². The lowest BCUT2D eigenvalue weighted by Gasteiger charge is -2.35. The average Bonchev–Trinajstić information content (AvgIpc) is 3.16. The standard InChI is InChI=1S/C21H30N2O2/c24-21(15-18-9-14-25-20-6-2-1-5-19(18)20)23-12-7-17(8-13-23)16-22-10-3-4-11-22/h1-2,5-6,17-18H,3-4,7-16H2. The number of rotatable bonds is 4. The lowest BCUT2D eigenvalue weighted by atomic mass is 9.89. The molecular formula is C21H30N2O2. The van der Waals surface area contributed by atoms with Gasteiger partial charge in [-0.3, -0.25) is 4.79 Å². The molecule has 1 aromatic rings. The Morgan fingerprint density at radius 3 is 2.60 bits per heavy atom. The highest BCUT2D eigenvalue weighted by molar-refractivity contribution is 5.77. The van der Waals surface area contributed by atoms with Crippen LogP contribution in [0.3, 0.4) is 0 Å². The Morgan fingerprint density at radius 2 is 1.80 bits per heavy atom. The van der Waals surface area contributed by atoms with Crippen LogP contribution in [-0.2, 0) is 4.79 Å². The summed E-state index contributed by atoms with van der Waals surface area (Å²) in [6.07, 6.45) is 6.67. The van der Waals surface area contributed by atoms with Gasteiger partial charge < -0.3 is 14.5 Å². The molecular weight excluding hydrogens is 312 g/mol. The number of likely N-dealkylation sites (tertiary alicyclic amines) is 2. The van der Waals surface area contributed by atoms with E-state index in [1.165, 1.54) is 50.9 Å². The van der Waals surface area contributed by atoms with Crippen LogP contribution in [-0.4, -0.2) is 55.0 Å². The highest BCUT2D eigenvalue weighted by atomic mass is 16.5. The smallest absolute Gasteiger partial charge is 0.223 e. The van der Waals surface area contributed by atoms with Gasteiger partial charge in [-0.05, 0) is 68.7 Å². The first-order valence-electron chi connectivity index (χ1n) is 10.0. The summed E-state index contributed by atoms with van der Waals surface area (Å²) in [5.74, 6) is 2.41. The molecule has 0 aliphatic carbocycles. The molecule has 25 heavy (non-hydrogen) atoms. The molecule has 3 heterocycles. The third kappa shape index (κ3) is 4.00. The summed E-state index contributed by atoms with van der Waals surface area (Å²) in [6.45, 7) is 6.43. The first-order chi connectivity index (χ1) is 12.3. The molecule has 0 N–H and O–H groups in total. The predicted molar refractivity (Wildman–Crippen MR) is 98.9 cm³/mol. The van der Waals surface area contributed by atoms with Crippen molar-refractivity contribution in [2.75, 3.05) is 39.3 Å². The zero-order valence-corrected chi connectivity index (χ0v) is 15.2. The molecule has 1 atom stereocenters. The highest BCUT2D eigenvalue weighted by Crippen LogP contribution is 2.36. The second-order valence-electron chi connectivity index (χ2n) is 7.91. The molecule has 0 aromatic heterocycles. The molecule has 0 bridgehead atoms. The van der Waals surface area contributed by atoms with E-state index < -0.39 is 0 Å². The van der Waals surface area contributed by atoms with Crippen LogP contribution in [0.4, 0.5) is 0 Å². The molecule has 2 fully saturated rings. The largest absolute Gasteiger partial charge is 0.493 e. The van der Waals surface area contributed by atoms with Crippen LogP contribution in [0.15, 0.2) is 24.3 Å². The van der Waals surface area contributed by atoms with Crippen molar-refractivity contribution in [1.82, 2.24) is 9.80 Å². The number of hydrogen-bond donors (Lipinski definition) is 0. The van der Waals surface area contributed by atoms with E-state index in [-0.39, 0.29) is 0 Å². The Bertz CT molecular complexity index is 589. The van der Waals surface area contributed by atoms with Crippen molar-refractivity contribution in [1.29, 1.82) is 0 Å². The van der Waals surface area contributed by atoms with Crippen LogP contribution in [0.1, 0.15) is 50.0 Å². The van der Waals surface area contributed by atoms with E-state index in [4.69, 9.17) is 4.74 Å². The Balaban J connectivity index is 1.28. The maximum absolute atomic E-state index is 12.8. The van der Waals surface area contributed by atoms with E-state index in [1.54, 1.807) is 0 Å². The van der Waals surface area contributed by atoms with Crippen LogP contribution in [0, 0.1) is 5.92 Å². The van der Waals surface area contributed by atoms with Gasteiger partial charge in [-0.25, -0.2) is 0 Å². The van der Waals surface area contributed by atoms with E-state index in [1.807, 2.05) is 12.1 Å². The number of fused-ring (bicyclic) bond motifs is 1. The van der Waals surface area contributed by atoms with Gasteiger partial charge in [0.15, 0.2) is 0 Å². The summed E-state index contributed by atoms with van der Waals surface area (Å²) in [7, 11) is 0. The van der Waals surface area contributed by atoms with Gasteiger partial charge in [-0.1, -0.05) is 18.2 Å². The fourth-order valence-electron chi connectivity index (χ4n) is 4.66. The zero-order valence-electron chi connectivity index (χ0n) is 15.2. The molecule has 4 heteroatoms. The molecule has 3 aliphatic rings. The van der Waals surface area contributed by atoms with Crippen molar-refractivity contribution in [3.63, 3.8) is 0 Å². The molecule has 2 saturated heterocycles. The van der Waals surface area contributed by atoms with E-state index in [2.05, 4.69) is 21.9 Å². The van der Waals surface area contributed by atoms with E-state index in [0.29, 0.717) is 18.2 Å². The minimum absolute atomic E-state index is 0.319. The summed E-state index contributed by atoms with van der Waals surface area (Å²) in [6, 6.07) is 8.20. The topological polar surface area (TPSA) is 32.8 Å². The molecule has 0 spiro atoms. The Kier molecular flexibility index (Phi) is 5.25. The number of nitrogens with zero attached hydrogens (tertiary/aromatic N) is 2.